The summed E-state index contributed by atoms with van der Waals surface area (Å²) in [5.74, 6) is -0.862. The van der Waals surface area contributed by atoms with Gasteiger partial charge in [0, 0.05) is 6.54 Å². The number of aliphatic hydroxyl groups excluding tert-OH is 1. The van der Waals surface area contributed by atoms with Crippen molar-refractivity contribution in [3.05, 3.63) is 23.8 Å². The standard InChI is InChI=1S/C14H19NO6/c1-8(7-16)14(19)5-9-4-10(12(17)20-2)11(14)15(6-9)13(18)21-3/h4,9,11,16,19H,1,5-7H2,2-3H3/t9-,11+,14+/m1/s1. The fourth-order valence-corrected chi connectivity index (χ4v) is 3.14. The molecule has 0 aromatic carbocycles. The zero-order valence-corrected chi connectivity index (χ0v) is 12.0. The van der Waals surface area contributed by atoms with E-state index in [0.29, 0.717) is 6.54 Å². The van der Waals surface area contributed by atoms with Gasteiger partial charge in [-0.15, -0.1) is 0 Å². The molecule has 0 spiro atoms. The van der Waals surface area contributed by atoms with E-state index in [1.807, 2.05) is 0 Å². The average Bonchev–Trinajstić information content (AvgIpc) is 2.51. The monoisotopic (exact) mass is 297 g/mol. The van der Waals surface area contributed by atoms with E-state index >= 15 is 0 Å². The molecule has 1 saturated heterocycles. The highest BCUT2D eigenvalue weighted by atomic mass is 16.5. The van der Waals surface area contributed by atoms with Gasteiger partial charge in [-0.2, -0.15) is 0 Å². The normalized spacial score (nSPS) is 30.7. The number of carbonyl (C=O) groups excluding carboxylic acids is 2. The highest BCUT2D eigenvalue weighted by Gasteiger charge is 2.56. The number of aliphatic hydroxyl groups is 2. The van der Waals surface area contributed by atoms with Gasteiger partial charge in [-0.05, 0) is 17.9 Å². The zero-order valence-electron chi connectivity index (χ0n) is 12.0. The topological polar surface area (TPSA) is 96.3 Å². The number of carbonyl (C=O) groups is 2. The fraction of sp³-hybridized carbons (Fsp3) is 0.571. The Morgan fingerprint density at radius 1 is 1.48 bits per heavy atom. The molecule has 21 heavy (non-hydrogen) atoms. The Hall–Kier alpha value is -1.86. The van der Waals surface area contributed by atoms with Crippen LogP contribution < -0.4 is 0 Å². The molecule has 2 heterocycles. The van der Waals surface area contributed by atoms with E-state index < -0.39 is 30.3 Å². The lowest BCUT2D eigenvalue weighted by atomic mass is 9.67. The summed E-state index contributed by atoms with van der Waals surface area (Å²) in [6.45, 7) is 3.56. The van der Waals surface area contributed by atoms with Crippen LogP contribution in [-0.4, -0.2) is 66.2 Å². The number of esters is 1. The molecular formula is C14H19NO6. The summed E-state index contributed by atoms with van der Waals surface area (Å²) < 4.78 is 9.44. The summed E-state index contributed by atoms with van der Waals surface area (Å²) in [7, 11) is 2.46. The quantitative estimate of drug-likeness (QED) is 0.555. The molecule has 2 aliphatic heterocycles. The van der Waals surface area contributed by atoms with Crippen molar-refractivity contribution < 1.29 is 29.3 Å². The van der Waals surface area contributed by atoms with Crippen LogP contribution in [0, 0.1) is 5.92 Å². The largest absolute Gasteiger partial charge is 0.466 e. The second-order valence-corrected chi connectivity index (χ2v) is 5.29. The van der Waals surface area contributed by atoms with Gasteiger partial charge >= 0.3 is 12.1 Å². The molecular weight excluding hydrogens is 278 g/mol. The maximum Gasteiger partial charge on any atom is 0.410 e. The molecule has 0 saturated carbocycles. The summed E-state index contributed by atoms with van der Waals surface area (Å²) in [5.41, 5.74) is -1.24. The number of ether oxygens (including phenoxy) is 2. The van der Waals surface area contributed by atoms with E-state index in [2.05, 4.69) is 6.58 Å². The Kier molecular flexibility index (Phi) is 4.06. The van der Waals surface area contributed by atoms with Gasteiger partial charge in [0.15, 0.2) is 0 Å². The number of amides is 1. The number of piperidine rings is 1. The van der Waals surface area contributed by atoms with Crippen molar-refractivity contribution in [1.82, 2.24) is 4.90 Å². The SMILES string of the molecule is C=C(CO)[C@@]1(O)C[C@H]2C=C(C(=O)OC)[C@@H]1N(C(=O)OC)C2. The van der Waals surface area contributed by atoms with Crippen LogP contribution in [0.4, 0.5) is 4.79 Å². The Bertz CT molecular complexity index is 514. The predicted molar refractivity (Wildman–Crippen MR) is 72.3 cm³/mol. The van der Waals surface area contributed by atoms with Crippen LogP contribution in [0.3, 0.4) is 0 Å². The minimum atomic E-state index is -1.58. The molecule has 1 fully saturated rings. The molecule has 1 aliphatic carbocycles. The van der Waals surface area contributed by atoms with Gasteiger partial charge in [0.05, 0.1) is 32.4 Å². The lowest BCUT2D eigenvalue weighted by molar-refractivity contribution is -0.140. The molecule has 1 amide bonds. The molecule has 116 valence electrons. The van der Waals surface area contributed by atoms with Crippen molar-refractivity contribution >= 4 is 12.1 Å². The summed E-state index contributed by atoms with van der Waals surface area (Å²) in [6.07, 6.45) is 1.34. The van der Waals surface area contributed by atoms with E-state index in [4.69, 9.17) is 9.47 Å². The molecule has 3 rings (SSSR count). The Morgan fingerprint density at radius 2 is 2.14 bits per heavy atom. The molecule has 3 atom stereocenters. The van der Waals surface area contributed by atoms with E-state index in [1.165, 1.54) is 19.1 Å². The number of rotatable bonds is 3. The first-order valence-electron chi connectivity index (χ1n) is 6.55. The van der Waals surface area contributed by atoms with Crippen molar-refractivity contribution in [2.45, 2.75) is 18.1 Å². The number of hydrogen-bond donors (Lipinski definition) is 2. The van der Waals surface area contributed by atoms with E-state index in [1.54, 1.807) is 6.08 Å². The first kappa shape index (κ1) is 15.5. The average molecular weight is 297 g/mol. The number of fused-ring (bicyclic) bond motifs is 2. The van der Waals surface area contributed by atoms with Crippen molar-refractivity contribution in [3.63, 3.8) is 0 Å². The zero-order chi connectivity index (χ0) is 15.8. The van der Waals surface area contributed by atoms with Crippen LogP contribution in [0.25, 0.3) is 0 Å². The number of nitrogens with zero attached hydrogens (tertiary/aromatic N) is 1. The maximum absolute atomic E-state index is 11.9. The molecule has 3 aliphatic rings. The third-order valence-electron chi connectivity index (χ3n) is 4.11. The lowest BCUT2D eigenvalue weighted by Crippen LogP contribution is -2.66. The van der Waals surface area contributed by atoms with Crippen LogP contribution in [0.5, 0.6) is 0 Å². The van der Waals surface area contributed by atoms with Crippen LogP contribution >= 0.6 is 0 Å². The predicted octanol–water partition coefficient (Wildman–Crippen LogP) is -0.164. The number of methoxy groups -OCH3 is 2. The third-order valence-corrected chi connectivity index (χ3v) is 4.11. The van der Waals surface area contributed by atoms with Gasteiger partial charge in [-0.3, -0.25) is 4.90 Å². The van der Waals surface area contributed by atoms with Crippen molar-refractivity contribution in [3.8, 4) is 0 Å². The Labute approximate surface area is 122 Å². The van der Waals surface area contributed by atoms with E-state index in [0.717, 1.165) is 0 Å². The number of hydrogen-bond acceptors (Lipinski definition) is 6. The van der Waals surface area contributed by atoms with Gasteiger partial charge in [-0.1, -0.05) is 12.7 Å². The highest BCUT2D eigenvalue weighted by molar-refractivity contribution is 5.92. The van der Waals surface area contributed by atoms with Gasteiger partial charge in [0.25, 0.3) is 0 Å². The molecule has 7 heteroatoms. The molecule has 0 radical (unpaired) electrons. The summed E-state index contributed by atoms with van der Waals surface area (Å²) in [6, 6.07) is -0.970. The second-order valence-electron chi connectivity index (χ2n) is 5.29. The van der Waals surface area contributed by atoms with Crippen molar-refractivity contribution in [2.75, 3.05) is 27.4 Å². The van der Waals surface area contributed by atoms with Crippen LogP contribution in [-0.2, 0) is 14.3 Å². The van der Waals surface area contributed by atoms with Crippen molar-refractivity contribution in [2.24, 2.45) is 5.92 Å². The fourth-order valence-electron chi connectivity index (χ4n) is 3.14. The summed E-state index contributed by atoms with van der Waals surface area (Å²) in [4.78, 5) is 25.2. The lowest BCUT2D eigenvalue weighted by Gasteiger charge is -2.52. The van der Waals surface area contributed by atoms with E-state index in [9.17, 15) is 19.8 Å². The Balaban J connectivity index is 2.50. The summed E-state index contributed by atoms with van der Waals surface area (Å²) in [5, 5.41) is 20.2. The minimum absolute atomic E-state index is 0.153. The molecule has 2 bridgehead atoms. The molecule has 0 unspecified atom stereocenters. The molecule has 0 aromatic heterocycles. The second kappa shape index (κ2) is 5.50. The van der Waals surface area contributed by atoms with Gasteiger partial charge in [0.2, 0.25) is 0 Å². The van der Waals surface area contributed by atoms with E-state index in [-0.39, 0.29) is 23.5 Å². The van der Waals surface area contributed by atoms with Gasteiger partial charge < -0.3 is 19.7 Å². The van der Waals surface area contributed by atoms with Gasteiger partial charge in [-0.25, -0.2) is 9.59 Å². The Morgan fingerprint density at radius 3 is 2.67 bits per heavy atom. The highest BCUT2D eigenvalue weighted by Crippen LogP contribution is 2.45. The molecule has 2 N–H and O–H groups in total. The molecule has 0 aromatic rings. The van der Waals surface area contributed by atoms with Crippen LogP contribution in [0.2, 0.25) is 0 Å². The van der Waals surface area contributed by atoms with Gasteiger partial charge in [0.1, 0.15) is 5.60 Å². The smallest absolute Gasteiger partial charge is 0.410 e. The van der Waals surface area contributed by atoms with Crippen LogP contribution in [0.1, 0.15) is 6.42 Å². The third kappa shape index (κ3) is 2.32. The van der Waals surface area contributed by atoms with Crippen LogP contribution in [0.15, 0.2) is 23.8 Å². The maximum atomic E-state index is 11.9. The first-order valence-corrected chi connectivity index (χ1v) is 6.55. The summed E-state index contributed by atoms with van der Waals surface area (Å²) >= 11 is 0. The first-order chi connectivity index (χ1) is 9.88. The van der Waals surface area contributed by atoms with Crippen molar-refractivity contribution in [1.29, 1.82) is 0 Å². The molecule has 7 nitrogen and oxygen atoms in total. The minimum Gasteiger partial charge on any atom is -0.466 e.